The topological polar surface area (TPSA) is 69.7 Å². The second kappa shape index (κ2) is 8.35. The normalized spacial score (nSPS) is 14.5. The molecule has 24 heavy (non-hydrogen) atoms. The number of amides is 3. The molecule has 1 aromatic rings. The van der Waals surface area contributed by atoms with Crippen LogP contribution in [0.3, 0.4) is 0 Å². The van der Waals surface area contributed by atoms with E-state index in [1.807, 2.05) is 0 Å². The SMILES string of the molecule is CC(=O)N1CCN(C(=O)CCC(=O)Nc2ccc(Cl)c(Cl)c2)CC1. The van der Waals surface area contributed by atoms with E-state index >= 15 is 0 Å². The highest BCUT2D eigenvalue weighted by Gasteiger charge is 2.22. The molecule has 1 N–H and O–H groups in total. The number of hydrogen-bond donors (Lipinski definition) is 1. The molecule has 1 fully saturated rings. The summed E-state index contributed by atoms with van der Waals surface area (Å²) in [5.41, 5.74) is 0.539. The zero-order chi connectivity index (χ0) is 17.7. The zero-order valence-electron chi connectivity index (χ0n) is 13.3. The van der Waals surface area contributed by atoms with Crippen LogP contribution in [0.5, 0.6) is 0 Å². The molecule has 0 aromatic heterocycles. The number of hydrogen-bond acceptors (Lipinski definition) is 3. The summed E-state index contributed by atoms with van der Waals surface area (Å²) in [5.74, 6) is -0.324. The second-order valence-corrected chi connectivity index (χ2v) is 6.38. The van der Waals surface area contributed by atoms with Gasteiger partial charge in [0.2, 0.25) is 17.7 Å². The Kier molecular flexibility index (Phi) is 6.45. The van der Waals surface area contributed by atoms with Crippen molar-refractivity contribution in [1.82, 2.24) is 9.80 Å². The van der Waals surface area contributed by atoms with Crippen LogP contribution in [-0.2, 0) is 14.4 Å². The minimum absolute atomic E-state index is 0.0168. The molecule has 0 bridgehead atoms. The van der Waals surface area contributed by atoms with Crippen molar-refractivity contribution in [3.8, 4) is 0 Å². The molecule has 1 heterocycles. The van der Waals surface area contributed by atoms with E-state index in [1.54, 1.807) is 28.0 Å². The quantitative estimate of drug-likeness (QED) is 0.883. The smallest absolute Gasteiger partial charge is 0.224 e. The highest BCUT2D eigenvalue weighted by molar-refractivity contribution is 6.42. The van der Waals surface area contributed by atoms with Gasteiger partial charge in [-0.2, -0.15) is 0 Å². The van der Waals surface area contributed by atoms with Crippen molar-refractivity contribution in [3.05, 3.63) is 28.2 Å². The van der Waals surface area contributed by atoms with Crippen molar-refractivity contribution < 1.29 is 14.4 Å². The molecule has 0 aliphatic carbocycles. The van der Waals surface area contributed by atoms with Gasteiger partial charge in [-0.05, 0) is 18.2 Å². The van der Waals surface area contributed by atoms with E-state index in [2.05, 4.69) is 5.32 Å². The van der Waals surface area contributed by atoms with E-state index in [0.717, 1.165) is 0 Å². The lowest BCUT2D eigenvalue weighted by Crippen LogP contribution is -2.50. The zero-order valence-corrected chi connectivity index (χ0v) is 14.9. The third-order valence-electron chi connectivity index (χ3n) is 3.85. The van der Waals surface area contributed by atoms with Crippen LogP contribution < -0.4 is 5.32 Å². The Morgan fingerprint density at radius 3 is 2.21 bits per heavy atom. The summed E-state index contributed by atoms with van der Waals surface area (Å²) in [6.45, 7) is 3.61. The monoisotopic (exact) mass is 371 g/mol. The summed E-state index contributed by atoms with van der Waals surface area (Å²) in [6, 6.07) is 4.80. The first kappa shape index (κ1) is 18.5. The van der Waals surface area contributed by atoms with Gasteiger partial charge >= 0.3 is 0 Å². The molecule has 6 nitrogen and oxygen atoms in total. The lowest BCUT2D eigenvalue weighted by atomic mass is 10.2. The lowest BCUT2D eigenvalue weighted by molar-refractivity contribution is -0.138. The van der Waals surface area contributed by atoms with Crippen LogP contribution in [-0.4, -0.2) is 53.7 Å². The summed E-state index contributed by atoms with van der Waals surface area (Å²) < 4.78 is 0. The van der Waals surface area contributed by atoms with Crippen LogP contribution in [0.25, 0.3) is 0 Å². The van der Waals surface area contributed by atoms with Crippen LogP contribution in [0.15, 0.2) is 18.2 Å². The molecule has 1 aromatic carbocycles. The predicted octanol–water partition coefficient (Wildman–Crippen LogP) is 2.40. The van der Waals surface area contributed by atoms with E-state index < -0.39 is 0 Å². The summed E-state index contributed by atoms with van der Waals surface area (Å²) in [5, 5.41) is 3.45. The summed E-state index contributed by atoms with van der Waals surface area (Å²) in [7, 11) is 0. The van der Waals surface area contributed by atoms with Crippen molar-refractivity contribution in [3.63, 3.8) is 0 Å². The molecule has 1 aliphatic heterocycles. The molecule has 0 spiro atoms. The number of carbonyl (C=O) groups is 3. The number of halogens is 2. The number of piperazine rings is 1. The van der Waals surface area contributed by atoms with Crippen molar-refractivity contribution in [2.45, 2.75) is 19.8 Å². The minimum Gasteiger partial charge on any atom is -0.339 e. The molecular weight excluding hydrogens is 353 g/mol. The molecule has 130 valence electrons. The number of carbonyl (C=O) groups excluding carboxylic acids is 3. The first-order valence-corrected chi connectivity index (χ1v) is 8.40. The Balaban J connectivity index is 1.76. The molecule has 0 atom stereocenters. The van der Waals surface area contributed by atoms with Gasteiger partial charge in [-0.25, -0.2) is 0 Å². The van der Waals surface area contributed by atoms with Gasteiger partial charge in [-0.15, -0.1) is 0 Å². The van der Waals surface area contributed by atoms with Gasteiger partial charge in [0, 0.05) is 51.6 Å². The van der Waals surface area contributed by atoms with Crippen LogP contribution in [0.4, 0.5) is 5.69 Å². The molecule has 3 amide bonds. The molecule has 0 radical (unpaired) electrons. The van der Waals surface area contributed by atoms with Gasteiger partial charge in [0.1, 0.15) is 0 Å². The van der Waals surface area contributed by atoms with Gasteiger partial charge < -0.3 is 15.1 Å². The van der Waals surface area contributed by atoms with Gasteiger partial charge in [-0.1, -0.05) is 23.2 Å². The fraction of sp³-hybridized carbons (Fsp3) is 0.438. The van der Waals surface area contributed by atoms with Crippen molar-refractivity contribution in [1.29, 1.82) is 0 Å². The Bertz CT molecular complexity index is 643. The average Bonchev–Trinajstić information content (AvgIpc) is 2.56. The van der Waals surface area contributed by atoms with Crippen LogP contribution >= 0.6 is 23.2 Å². The summed E-state index contributed by atoms with van der Waals surface area (Å²) in [6.07, 6.45) is 0.221. The predicted molar refractivity (Wildman–Crippen MR) is 93.2 cm³/mol. The van der Waals surface area contributed by atoms with E-state index in [4.69, 9.17) is 23.2 Å². The Labute approximate surface area is 150 Å². The molecule has 2 rings (SSSR count). The Morgan fingerprint density at radius 2 is 1.62 bits per heavy atom. The third-order valence-corrected chi connectivity index (χ3v) is 4.59. The fourth-order valence-corrected chi connectivity index (χ4v) is 2.74. The lowest BCUT2D eigenvalue weighted by Gasteiger charge is -2.34. The van der Waals surface area contributed by atoms with Gasteiger partial charge in [0.15, 0.2) is 0 Å². The van der Waals surface area contributed by atoms with Crippen LogP contribution in [0, 0.1) is 0 Å². The second-order valence-electron chi connectivity index (χ2n) is 5.56. The highest BCUT2D eigenvalue weighted by atomic mass is 35.5. The summed E-state index contributed by atoms with van der Waals surface area (Å²) >= 11 is 11.7. The Morgan fingerprint density at radius 1 is 1.00 bits per heavy atom. The van der Waals surface area contributed by atoms with E-state index in [0.29, 0.717) is 41.9 Å². The summed E-state index contributed by atoms with van der Waals surface area (Å²) in [4.78, 5) is 38.7. The van der Waals surface area contributed by atoms with E-state index in [1.165, 1.54) is 6.92 Å². The Hall–Kier alpha value is -1.79. The first-order chi connectivity index (χ1) is 11.4. The molecule has 1 saturated heterocycles. The van der Waals surface area contributed by atoms with Gasteiger partial charge in [0.25, 0.3) is 0 Å². The number of anilines is 1. The number of nitrogens with one attached hydrogen (secondary N) is 1. The van der Waals surface area contributed by atoms with Gasteiger partial charge in [-0.3, -0.25) is 14.4 Å². The highest BCUT2D eigenvalue weighted by Crippen LogP contribution is 2.25. The standard InChI is InChI=1S/C16H19Cl2N3O3/c1-11(22)20-6-8-21(9-7-20)16(24)5-4-15(23)19-12-2-3-13(17)14(18)10-12/h2-3,10H,4-9H2,1H3,(H,19,23). The largest absolute Gasteiger partial charge is 0.339 e. The fourth-order valence-electron chi connectivity index (χ4n) is 2.45. The number of nitrogens with zero attached hydrogens (tertiary/aromatic N) is 2. The van der Waals surface area contributed by atoms with Crippen molar-refractivity contribution in [2.24, 2.45) is 0 Å². The third kappa shape index (κ3) is 5.11. The molecule has 1 aliphatic rings. The maximum atomic E-state index is 12.1. The maximum Gasteiger partial charge on any atom is 0.224 e. The van der Waals surface area contributed by atoms with Gasteiger partial charge in [0.05, 0.1) is 10.0 Å². The molecular formula is C16H19Cl2N3O3. The molecule has 0 saturated carbocycles. The van der Waals surface area contributed by atoms with Crippen LogP contribution in [0.2, 0.25) is 10.0 Å². The number of rotatable bonds is 4. The first-order valence-electron chi connectivity index (χ1n) is 7.65. The van der Waals surface area contributed by atoms with E-state index in [9.17, 15) is 14.4 Å². The number of benzene rings is 1. The molecule has 0 unspecified atom stereocenters. The van der Waals surface area contributed by atoms with Crippen LogP contribution in [0.1, 0.15) is 19.8 Å². The van der Waals surface area contributed by atoms with Crippen molar-refractivity contribution >= 4 is 46.6 Å². The maximum absolute atomic E-state index is 12.1. The minimum atomic E-state index is -0.260. The molecule has 8 heteroatoms. The van der Waals surface area contributed by atoms with Crippen molar-refractivity contribution in [2.75, 3.05) is 31.5 Å². The average molecular weight is 372 g/mol. The van der Waals surface area contributed by atoms with E-state index in [-0.39, 0.29) is 30.6 Å².